The van der Waals surface area contributed by atoms with Gasteiger partial charge < -0.3 is 19.4 Å². The number of carbonyl (C=O) groups excluding carboxylic acids is 2. The summed E-state index contributed by atoms with van der Waals surface area (Å²) in [6.45, 7) is -0.0477. The Balaban J connectivity index is 1.71. The Bertz CT molecular complexity index is 1210. The van der Waals surface area contributed by atoms with Crippen LogP contribution in [0.1, 0.15) is 23.5 Å². The molecular formula is C21H16N2O5. The highest BCUT2D eigenvalue weighted by Gasteiger charge is 2.33. The van der Waals surface area contributed by atoms with E-state index in [2.05, 4.69) is 5.32 Å². The molecule has 7 heteroatoms. The van der Waals surface area contributed by atoms with Crippen LogP contribution in [0.4, 0.5) is 11.4 Å². The van der Waals surface area contributed by atoms with Crippen molar-refractivity contribution in [3.05, 3.63) is 64.0 Å². The number of carbonyl (C=O) groups is 2. The largest absolute Gasteiger partial charge is 0.481 e. The summed E-state index contributed by atoms with van der Waals surface area (Å²) in [4.78, 5) is 38.9. The molecule has 0 aliphatic carbocycles. The fourth-order valence-corrected chi connectivity index (χ4v) is 3.84. The maximum absolute atomic E-state index is 13.1. The van der Waals surface area contributed by atoms with Gasteiger partial charge in [0, 0.05) is 36.7 Å². The predicted octanol–water partition coefficient (Wildman–Crippen LogP) is 2.62. The number of rotatable bonds is 1. The molecule has 1 atom stereocenters. The molecule has 3 heterocycles. The molecule has 2 aliphatic heterocycles. The number of anilines is 2. The van der Waals surface area contributed by atoms with Crippen molar-refractivity contribution in [2.75, 3.05) is 23.9 Å². The third-order valence-corrected chi connectivity index (χ3v) is 5.34. The van der Waals surface area contributed by atoms with E-state index in [1.807, 2.05) is 0 Å². The molecule has 0 saturated heterocycles. The molecule has 1 aromatic heterocycles. The van der Waals surface area contributed by atoms with Crippen LogP contribution in [-0.4, -0.2) is 25.5 Å². The number of amides is 2. The summed E-state index contributed by atoms with van der Waals surface area (Å²) in [5, 5.41) is 3.31. The smallest absolute Gasteiger partial charge is 0.264 e. The molecule has 2 aliphatic rings. The number of nitrogens with zero attached hydrogens (tertiary/aromatic N) is 1. The average Bonchev–Trinajstić information content (AvgIpc) is 2.70. The minimum atomic E-state index is -0.472. The second-order valence-corrected chi connectivity index (χ2v) is 6.97. The van der Waals surface area contributed by atoms with Crippen LogP contribution in [0, 0.1) is 0 Å². The molecule has 0 fully saturated rings. The van der Waals surface area contributed by atoms with Gasteiger partial charge in [-0.15, -0.1) is 0 Å². The van der Waals surface area contributed by atoms with Gasteiger partial charge in [0.25, 0.3) is 5.91 Å². The number of para-hydroxylation sites is 1. The summed E-state index contributed by atoms with van der Waals surface area (Å²) in [6.07, 6.45) is 1.55. The monoisotopic (exact) mass is 376 g/mol. The molecule has 0 saturated carbocycles. The number of fused-ring (bicyclic) bond motifs is 3. The Hall–Kier alpha value is -3.61. The molecule has 0 spiro atoms. The highest BCUT2D eigenvalue weighted by Crippen LogP contribution is 2.43. The fraction of sp³-hybridized carbons (Fsp3) is 0.190. The molecule has 140 valence electrons. The quantitative estimate of drug-likeness (QED) is 0.705. The lowest BCUT2D eigenvalue weighted by molar-refractivity contribution is -0.121. The lowest BCUT2D eigenvalue weighted by Crippen LogP contribution is -2.36. The Morgan fingerprint density at radius 2 is 1.93 bits per heavy atom. The van der Waals surface area contributed by atoms with Crippen LogP contribution >= 0.6 is 0 Å². The molecule has 0 unspecified atom stereocenters. The molecule has 5 rings (SSSR count). The van der Waals surface area contributed by atoms with Gasteiger partial charge in [0.05, 0.1) is 17.3 Å². The van der Waals surface area contributed by atoms with E-state index in [0.29, 0.717) is 33.7 Å². The molecular weight excluding hydrogens is 360 g/mol. The predicted molar refractivity (Wildman–Crippen MR) is 103 cm³/mol. The summed E-state index contributed by atoms with van der Waals surface area (Å²) in [5.41, 5.74) is 2.70. The molecule has 0 bridgehead atoms. The van der Waals surface area contributed by atoms with Crippen LogP contribution in [0.3, 0.4) is 0 Å². The Labute approximate surface area is 159 Å². The number of nitrogens with one attached hydrogen (secondary N) is 1. The number of likely N-dealkylation sites (N-methyl/N-ethyl adjacent to an activating group) is 1. The number of hydrogen-bond acceptors (Lipinski definition) is 5. The van der Waals surface area contributed by atoms with Crippen molar-refractivity contribution in [1.82, 2.24) is 0 Å². The molecule has 1 N–H and O–H groups in total. The number of ether oxygens (including phenoxy) is 1. The summed E-state index contributed by atoms with van der Waals surface area (Å²) in [7, 11) is 1.68. The lowest BCUT2D eigenvalue weighted by atomic mass is 9.84. The third kappa shape index (κ3) is 2.40. The van der Waals surface area contributed by atoms with E-state index >= 15 is 0 Å². The highest BCUT2D eigenvalue weighted by molar-refractivity contribution is 6.00. The first kappa shape index (κ1) is 16.6. The van der Waals surface area contributed by atoms with Gasteiger partial charge in [-0.3, -0.25) is 14.4 Å². The van der Waals surface area contributed by atoms with Crippen molar-refractivity contribution in [2.24, 2.45) is 0 Å². The van der Waals surface area contributed by atoms with Crippen LogP contribution in [0.25, 0.3) is 11.0 Å². The lowest BCUT2D eigenvalue weighted by Gasteiger charge is -2.31. The van der Waals surface area contributed by atoms with Crippen LogP contribution in [0.2, 0.25) is 0 Å². The fourth-order valence-electron chi connectivity index (χ4n) is 3.84. The molecule has 2 amide bonds. The first-order chi connectivity index (χ1) is 13.5. The molecule has 7 nitrogen and oxygen atoms in total. The number of benzene rings is 2. The summed E-state index contributed by atoms with van der Waals surface area (Å²) in [6, 6.07) is 10.5. The van der Waals surface area contributed by atoms with E-state index in [0.717, 1.165) is 5.56 Å². The van der Waals surface area contributed by atoms with Gasteiger partial charge in [-0.2, -0.15) is 0 Å². The number of hydrogen-bond donors (Lipinski definition) is 1. The zero-order chi connectivity index (χ0) is 19.4. The summed E-state index contributed by atoms with van der Waals surface area (Å²) < 4.78 is 11.2. The standard InChI is InChI=1S/C21H16N2O5/c1-23-16-6-13-12(14-9-27-17-5-3-2-4-11(17)21(14)26)7-19(24)22-15(13)8-18(16)28-10-20(23)25/h2-6,8-9,12H,7,10H2,1H3,(H,22,24)/t12-/m1/s1. The minimum absolute atomic E-state index is 0.0477. The van der Waals surface area contributed by atoms with Crippen molar-refractivity contribution in [3.8, 4) is 5.75 Å². The Kier molecular flexibility index (Phi) is 3.52. The highest BCUT2D eigenvalue weighted by atomic mass is 16.5. The molecule has 2 aromatic carbocycles. The van der Waals surface area contributed by atoms with E-state index in [-0.39, 0.29) is 30.3 Å². The van der Waals surface area contributed by atoms with Gasteiger partial charge in [0.2, 0.25) is 5.91 Å². The first-order valence-electron chi connectivity index (χ1n) is 8.90. The van der Waals surface area contributed by atoms with Crippen molar-refractivity contribution in [3.63, 3.8) is 0 Å². The zero-order valence-corrected chi connectivity index (χ0v) is 15.0. The van der Waals surface area contributed by atoms with Gasteiger partial charge in [0.1, 0.15) is 11.3 Å². The van der Waals surface area contributed by atoms with Crippen molar-refractivity contribution >= 4 is 34.2 Å². The topological polar surface area (TPSA) is 88.9 Å². The van der Waals surface area contributed by atoms with Crippen molar-refractivity contribution < 1.29 is 18.7 Å². The van der Waals surface area contributed by atoms with Crippen LogP contribution in [0.5, 0.6) is 5.75 Å². The maximum Gasteiger partial charge on any atom is 0.264 e. The second-order valence-electron chi connectivity index (χ2n) is 6.97. The van der Waals surface area contributed by atoms with Crippen molar-refractivity contribution in [2.45, 2.75) is 12.3 Å². The van der Waals surface area contributed by atoms with Crippen LogP contribution in [-0.2, 0) is 9.59 Å². The molecule has 0 radical (unpaired) electrons. The van der Waals surface area contributed by atoms with Gasteiger partial charge >= 0.3 is 0 Å². The third-order valence-electron chi connectivity index (χ3n) is 5.34. The van der Waals surface area contributed by atoms with E-state index in [1.54, 1.807) is 43.4 Å². The Morgan fingerprint density at radius 1 is 1.11 bits per heavy atom. The van der Waals surface area contributed by atoms with Gasteiger partial charge in [-0.1, -0.05) is 12.1 Å². The van der Waals surface area contributed by atoms with Crippen LogP contribution in [0.15, 0.2) is 51.9 Å². The maximum atomic E-state index is 13.1. The minimum Gasteiger partial charge on any atom is -0.481 e. The molecule has 28 heavy (non-hydrogen) atoms. The van der Waals surface area contributed by atoms with E-state index in [4.69, 9.17) is 9.15 Å². The second kappa shape index (κ2) is 5.95. The average molecular weight is 376 g/mol. The zero-order valence-electron chi connectivity index (χ0n) is 15.0. The van der Waals surface area contributed by atoms with E-state index in [9.17, 15) is 14.4 Å². The van der Waals surface area contributed by atoms with E-state index < -0.39 is 5.92 Å². The summed E-state index contributed by atoms with van der Waals surface area (Å²) in [5.74, 6) is -0.299. The SMILES string of the molecule is CN1C(=O)COc2cc3c(cc21)[C@H](c1coc2ccccc2c1=O)CC(=O)N3. The van der Waals surface area contributed by atoms with E-state index in [1.165, 1.54) is 11.2 Å². The van der Waals surface area contributed by atoms with Gasteiger partial charge in [-0.25, -0.2) is 0 Å². The van der Waals surface area contributed by atoms with Crippen molar-refractivity contribution in [1.29, 1.82) is 0 Å². The van der Waals surface area contributed by atoms with Gasteiger partial charge in [-0.05, 0) is 23.8 Å². The van der Waals surface area contributed by atoms with Crippen LogP contribution < -0.4 is 20.4 Å². The molecule has 3 aromatic rings. The normalized spacial score (nSPS) is 18.3. The Morgan fingerprint density at radius 3 is 2.79 bits per heavy atom. The first-order valence-corrected chi connectivity index (χ1v) is 8.90. The van der Waals surface area contributed by atoms with Gasteiger partial charge in [0.15, 0.2) is 12.0 Å². The summed E-state index contributed by atoms with van der Waals surface area (Å²) >= 11 is 0.